The van der Waals surface area contributed by atoms with Crippen LogP contribution in [-0.2, 0) is 0 Å². The first-order chi connectivity index (χ1) is 9.56. The predicted octanol–water partition coefficient (Wildman–Crippen LogP) is 2.67. The summed E-state index contributed by atoms with van der Waals surface area (Å²) in [5.41, 5.74) is 0.139. The van der Waals surface area contributed by atoms with Crippen molar-refractivity contribution in [2.75, 3.05) is 0 Å². The molecule has 104 valence electrons. The zero-order valence-electron chi connectivity index (χ0n) is 10.8. The van der Waals surface area contributed by atoms with Crippen molar-refractivity contribution in [2.45, 2.75) is 19.4 Å². The number of aromatic nitrogens is 1. The van der Waals surface area contributed by atoms with Crippen LogP contribution in [-0.4, -0.2) is 22.7 Å². The molecule has 2 heterocycles. The largest absolute Gasteiger partial charge is 0.349 e. The maximum absolute atomic E-state index is 13.0. The number of amides is 1. The fraction of sp³-hybridized carbons (Fsp3) is 0.214. The van der Waals surface area contributed by atoms with Gasteiger partial charge in [-0.05, 0) is 24.4 Å². The number of carbonyl (C=O) groups is 2. The molecule has 0 aliphatic rings. The number of carbonyl (C=O) groups excluding carboxylic acids is 2. The number of hydrogen-bond donors (Lipinski definition) is 1. The summed E-state index contributed by atoms with van der Waals surface area (Å²) in [5.74, 6) is -1.03. The van der Waals surface area contributed by atoms with Crippen molar-refractivity contribution < 1.29 is 14.0 Å². The third-order valence-corrected chi connectivity index (χ3v) is 3.54. The molecule has 0 saturated heterocycles. The van der Waals surface area contributed by atoms with E-state index >= 15 is 0 Å². The van der Waals surface area contributed by atoms with E-state index in [1.54, 1.807) is 19.1 Å². The number of Topliss-reactive ketones (excluding diaryl/α,β-unsaturated/α-hetero) is 1. The quantitative estimate of drug-likeness (QED) is 0.862. The molecule has 1 N–H and O–H groups in total. The minimum atomic E-state index is -0.569. The van der Waals surface area contributed by atoms with Crippen LogP contribution in [0.4, 0.5) is 4.39 Å². The summed E-state index contributed by atoms with van der Waals surface area (Å²) in [4.78, 5) is 28.0. The van der Waals surface area contributed by atoms with Gasteiger partial charge >= 0.3 is 0 Å². The Hall–Kier alpha value is -2.08. The molecule has 2 aromatic heterocycles. The Morgan fingerprint density at radius 3 is 2.90 bits per heavy atom. The van der Waals surface area contributed by atoms with Gasteiger partial charge in [-0.1, -0.05) is 6.07 Å². The van der Waals surface area contributed by atoms with Crippen LogP contribution in [0.15, 0.2) is 36.0 Å². The maximum Gasteiger partial charge on any atom is 0.253 e. The number of pyridine rings is 1. The van der Waals surface area contributed by atoms with Gasteiger partial charge in [0.1, 0.15) is 5.82 Å². The topological polar surface area (TPSA) is 59.1 Å². The molecule has 0 aliphatic heterocycles. The number of thiophene rings is 1. The molecule has 20 heavy (non-hydrogen) atoms. The van der Waals surface area contributed by atoms with Gasteiger partial charge in [0.25, 0.3) is 5.91 Å². The Balaban J connectivity index is 1.93. The van der Waals surface area contributed by atoms with Crippen LogP contribution in [0.3, 0.4) is 0 Å². The lowest BCUT2D eigenvalue weighted by Crippen LogP contribution is -2.34. The Kier molecular flexibility index (Phi) is 4.57. The molecule has 0 bridgehead atoms. The van der Waals surface area contributed by atoms with Crippen LogP contribution in [0, 0.1) is 5.82 Å². The Bertz CT molecular complexity index is 613. The zero-order chi connectivity index (χ0) is 14.5. The van der Waals surface area contributed by atoms with Crippen LogP contribution in [0.5, 0.6) is 0 Å². The van der Waals surface area contributed by atoms with Crippen LogP contribution in [0.25, 0.3) is 0 Å². The summed E-state index contributed by atoms with van der Waals surface area (Å²) in [7, 11) is 0. The second-order valence-corrected chi connectivity index (χ2v) is 5.32. The Morgan fingerprint density at radius 2 is 2.25 bits per heavy atom. The number of halogens is 1. The average Bonchev–Trinajstić information content (AvgIpc) is 2.92. The predicted molar refractivity (Wildman–Crippen MR) is 74.4 cm³/mol. The third-order valence-electron chi connectivity index (χ3n) is 2.63. The number of hydrogen-bond acceptors (Lipinski definition) is 4. The lowest BCUT2D eigenvalue weighted by molar-refractivity contribution is 0.0918. The molecule has 0 aliphatic carbocycles. The van der Waals surface area contributed by atoms with Crippen LogP contribution in [0.1, 0.15) is 33.4 Å². The van der Waals surface area contributed by atoms with E-state index in [4.69, 9.17) is 0 Å². The fourth-order valence-electron chi connectivity index (χ4n) is 1.71. The average molecular weight is 292 g/mol. The summed E-state index contributed by atoms with van der Waals surface area (Å²) in [6.45, 7) is 1.73. The summed E-state index contributed by atoms with van der Waals surface area (Å²) in [5, 5.41) is 4.48. The van der Waals surface area contributed by atoms with Crippen LogP contribution >= 0.6 is 11.3 Å². The van der Waals surface area contributed by atoms with Gasteiger partial charge in [0.05, 0.1) is 16.6 Å². The van der Waals surface area contributed by atoms with Crippen molar-refractivity contribution >= 4 is 23.0 Å². The van der Waals surface area contributed by atoms with Gasteiger partial charge in [-0.2, -0.15) is 0 Å². The van der Waals surface area contributed by atoms with Gasteiger partial charge in [0, 0.05) is 18.7 Å². The first-order valence-electron chi connectivity index (χ1n) is 6.04. The van der Waals surface area contributed by atoms with E-state index in [0.717, 1.165) is 12.3 Å². The molecule has 6 heteroatoms. The minimum Gasteiger partial charge on any atom is -0.349 e. The van der Waals surface area contributed by atoms with E-state index in [1.165, 1.54) is 17.5 Å². The van der Waals surface area contributed by atoms with Gasteiger partial charge in [-0.25, -0.2) is 4.39 Å². The summed E-state index contributed by atoms with van der Waals surface area (Å²) >= 11 is 1.37. The maximum atomic E-state index is 13.0. The zero-order valence-corrected chi connectivity index (χ0v) is 11.6. The van der Waals surface area contributed by atoms with Gasteiger partial charge in [0.2, 0.25) is 0 Å². The van der Waals surface area contributed by atoms with Crippen molar-refractivity contribution in [3.63, 3.8) is 0 Å². The normalized spacial score (nSPS) is 11.9. The smallest absolute Gasteiger partial charge is 0.253 e. The van der Waals surface area contributed by atoms with Crippen molar-refractivity contribution in [1.29, 1.82) is 0 Å². The summed E-state index contributed by atoms with van der Waals surface area (Å²) in [6.07, 6.45) is 2.52. The van der Waals surface area contributed by atoms with Crippen LogP contribution < -0.4 is 5.32 Å². The number of rotatable bonds is 5. The summed E-state index contributed by atoms with van der Waals surface area (Å²) < 4.78 is 13.0. The Morgan fingerprint density at radius 1 is 1.45 bits per heavy atom. The van der Waals surface area contributed by atoms with Crippen molar-refractivity contribution in [3.05, 3.63) is 52.2 Å². The van der Waals surface area contributed by atoms with E-state index in [9.17, 15) is 14.0 Å². The van der Waals surface area contributed by atoms with Gasteiger partial charge in [-0.15, -0.1) is 11.3 Å². The molecule has 0 saturated carbocycles. The SMILES string of the molecule is CC(CC(=O)c1cccs1)NC(=O)c1cncc(F)c1. The van der Waals surface area contributed by atoms with Crippen molar-refractivity contribution in [3.8, 4) is 0 Å². The molecule has 1 amide bonds. The number of nitrogens with one attached hydrogen (secondary N) is 1. The highest BCUT2D eigenvalue weighted by Gasteiger charge is 2.15. The second-order valence-electron chi connectivity index (χ2n) is 4.37. The monoisotopic (exact) mass is 292 g/mol. The highest BCUT2D eigenvalue weighted by molar-refractivity contribution is 7.12. The molecule has 0 spiro atoms. The first-order valence-corrected chi connectivity index (χ1v) is 6.92. The molecule has 2 aromatic rings. The highest BCUT2D eigenvalue weighted by Crippen LogP contribution is 2.12. The first kappa shape index (κ1) is 14.3. The molecule has 0 radical (unpaired) electrons. The van der Waals surface area contributed by atoms with Gasteiger partial charge in [-0.3, -0.25) is 14.6 Å². The molecular weight excluding hydrogens is 279 g/mol. The molecule has 0 aromatic carbocycles. The lowest BCUT2D eigenvalue weighted by Gasteiger charge is -2.12. The molecular formula is C14H13FN2O2S. The van der Waals surface area contributed by atoms with E-state index in [2.05, 4.69) is 10.3 Å². The second kappa shape index (κ2) is 6.38. The van der Waals surface area contributed by atoms with Crippen LogP contribution in [0.2, 0.25) is 0 Å². The third kappa shape index (κ3) is 3.71. The number of ketones is 1. The van der Waals surface area contributed by atoms with Crippen molar-refractivity contribution in [2.24, 2.45) is 0 Å². The molecule has 1 atom stereocenters. The molecule has 1 unspecified atom stereocenters. The highest BCUT2D eigenvalue weighted by atomic mass is 32.1. The lowest BCUT2D eigenvalue weighted by atomic mass is 10.1. The van der Waals surface area contributed by atoms with Gasteiger partial charge in [0.15, 0.2) is 5.78 Å². The van der Waals surface area contributed by atoms with E-state index in [-0.39, 0.29) is 23.8 Å². The van der Waals surface area contributed by atoms with E-state index in [0.29, 0.717) is 4.88 Å². The fourth-order valence-corrected chi connectivity index (χ4v) is 2.39. The summed E-state index contributed by atoms with van der Waals surface area (Å²) in [6, 6.07) is 4.33. The molecule has 4 nitrogen and oxygen atoms in total. The molecule has 0 fully saturated rings. The standard InChI is InChI=1S/C14H13FN2O2S/c1-9(5-12(18)13-3-2-4-20-13)17-14(19)10-6-11(15)8-16-7-10/h2-4,6-9H,5H2,1H3,(H,17,19). The van der Waals surface area contributed by atoms with Gasteiger partial charge < -0.3 is 5.32 Å². The van der Waals surface area contributed by atoms with E-state index < -0.39 is 11.7 Å². The van der Waals surface area contributed by atoms with Crippen molar-refractivity contribution in [1.82, 2.24) is 10.3 Å². The number of nitrogens with zero attached hydrogens (tertiary/aromatic N) is 1. The Labute approximate surface area is 119 Å². The minimum absolute atomic E-state index is 0.0230. The molecule has 2 rings (SSSR count). The van der Waals surface area contributed by atoms with E-state index in [1.807, 2.05) is 5.38 Å².